The zero-order valence-corrected chi connectivity index (χ0v) is 12.5. The van der Waals surface area contributed by atoms with Gasteiger partial charge in [-0.3, -0.25) is 0 Å². The summed E-state index contributed by atoms with van der Waals surface area (Å²) in [5.41, 5.74) is 1.21. The number of aromatic nitrogens is 1. The Morgan fingerprint density at radius 3 is 2.89 bits per heavy atom. The minimum absolute atomic E-state index is 0.551. The second-order valence-corrected chi connectivity index (χ2v) is 6.19. The van der Waals surface area contributed by atoms with E-state index in [9.17, 15) is 0 Å². The minimum Gasteiger partial charge on any atom is -0.378 e. The number of allylic oxidation sites excluding steroid dienone is 1. The molecule has 4 heteroatoms. The Kier molecular flexibility index (Phi) is 3.76. The van der Waals surface area contributed by atoms with E-state index >= 15 is 0 Å². The second-order valence-electron chi connectivity index (χ2n) is 4.97. The van der Waals surface area contributed by atoms with Crippen molar-refractivity contribution in [3.63, 3.8) is 0 Å². The molecule has 2 heterocycles. The summed E-state index contributed by atoms with van der Waals surface area (Å²) in [7, 11) is 0. The Morgan fingerprint density at radius 2 is 2.16 bits per heavy atom. The average Bonchev–Trinajstić information content (AvgIpc) is 2.85. The van der Waals surface area contributed by atoms with Gasteiger partial charge in [0.1, 0.15) is 0 Å². The van der Waals surface area contributed by atoms with E-state index in [-0.39, 0.29) is 0 Å². The summed E-state index contributed by atoms with van der Waals surface area (Å²) in [6, 6.07) is 6.08. The highest BCUT2D eigenvalue weighted by molar-refractivity contribution is 7.13. The normalized spacial score (nSPS) is 17.7. The quantitative estimate of drug-likeness (QED) is 0.800. The third-order valence-corrected chi connectivity index (χ3v) is 4.89. The lowest BCUT2D eigenvalue weighted by Crippen LogP contribution is -2.28. The molecular weight excluding hydrogens is 276 g/mol. The number of fused-ring (bicyclic) bond motifs is 1. The van der Waals surface area contributed by atoms with Crippen molar-refractivity contribution in [3.8, 4) is 0 Å². The zero-order valence-electron chi connectivity index (χ0n) is 11.0. The molecule has 1 fully saturated rings. The van der Waals surface area contributed by atoms with Crippen molar-refractivity contribution in [2.24, 2.45) is 0 Å². The molecule has 0 atom stereocenters. The van der Waals surface area contributed by atoms with Gasteiger partial charge in [-0.15, -0.1) is 0 Å². The van der Waals surface area contributed by atoms with Crippen LogP contribution >= 0.6 is 23.1 Å². The summed E-state index contributed by atoms with van der Waals surface area (Å²) < 4.78 is 5.88. The van der Waals surface area contributed by atoms with E-state index in [0.29, 0.717) is 5.92 Å². The lowest BCUT2D eigenvalue weighted by Gasteiger charge is -2.30. The third-order valence-electron chi connectivity index (χ3n) is 3.75. The SMILES string of the molecule is C/C=C\N1CCC(c2nsc3cccc(Cl)c23)CC1. The first kappa shape index (κ1) is 12.9. The molecule has 1 aromatic heterocycles. The highest BCUT2D eigenvalue weighted by atomic mass is 35.5. The first-order valence-corrected chi connectivity index (χ1v) is 7.85. The van der Waals surface area contributed by atoms with Gasteiger partial charge >= 0.3 is 0 Å². The summed E-state index contributed by atoms with van der Waals surface area (Å²) in [4.78, 5) is 2.38. The molecule has 0 bridgehead atoms. The molecule has 0 unspecified atom stereocenters. The van der Waals surface area contributed by atoms with Crippen LogP contribution in [-0.4, -0.2) is 22.4 Å². The summed E-state index contributed by atoms with van der Waals surface area (Å²) in [6.07, 6.45) is 6.61. The van der Waals surface area contributed by atoms with E-state index in [1.165, 1.54) is 15.8 Å². The number of piperidine rings is 1. The van der Waals surface area contributed by atoms with E-state index in [2.05, 4.69) is 34.5 Å². The third kappa shape index (κ3) is 2.49. The highest BCUT2D eigenvalue weighted by Gasteiger charge is 2.23. The van der Waals surface area contributed by atoms with Crippen molar-refractivity contribution in [3.05, 3.63) is 41.2 Å². The largest absolute Gasteiger partial charge is 0.378 e. The van der Waals surface area contributed by atoms with Crippen molar-refractivity contribution in [2.75, 3.05) is 13.1 Å². The van der Waals surface area contributed by atoms with Crippen LogP contribution in [0.3, 0.4) is 0 Å². The number of halogens is 1. The molecule has 2 nitrogen and oxygen atoms in total. The van der Waals surface area contributed by atoms with Gasteiger partial charge in [-0.1, -0.05) is 23.7 Å². The lowest BCUT2D eigenvalue weighted by molar-refractivity contribution is 0.283. The molecule has 1 aromatic carbocycles. The summed E-state index contributed by atoms with van der Waals surface area (Å²) in [6.45, 7) is 4.29. The first-order chi connectivity index (χ1) is 9.29. The van der Waals surface area contributed by atoms with Gasteiger partial charge in [0.2, 0.25) is 0 Å². The first-order valence-electron chi connectivity index (χ1n) is 6.70. The fourth-order valence-electron chi connectivity index (χ4n) is 2.78. The average molecular weight is 293 g/mol. The predicted octanol–water partition coefficient (Wildman–Crippen LogP) is 4.66. The second kappa shape index (κ2) is 5.51. The van der Waals surface area contributed by atoms with Crippen molar-refractivity contribution < 1.29 is 0 Å². The maximum Gasteiger partial charge on any atom is 0.0668 e. The van der Waals surface area contributed by atoms with Gasteiger partial charge < -0.3 is 4.90 Å². The molecule has 1 saturated heterocycles. The van der Waals surface area contributed by atoms with E-state index in [0.717, 1.165) is 31.0 Å². The van der Waals surface area contributed by atoms with E-state index < -0.39 is 0 Å². The number of benzene rings is 1. The molecule has 0 saturated carbocycles. The van der Waals surface area contributed by atoms with Crippen molar-refractivity contribution in [2.45, 2.75) is 25.7 Å². The van der Waals surface area contributed by atoms with E-state index in [4.69, 9.17) is 11.6 Å². The van der Waals surface area contributed by atoms with Crippen LogP contribution in [0.1, 0.15) is 31.4 Å². The van der Waals surface area contributed by atoms with Crippen LogP contribution in [0.5, 0.6) is 0 Å². The lowest BCUT2D eigenvalue weighted by atomic mass is 9.92. The summed E-state index contributed by atoms with van der Waals surface area (Å²) in [5, 5.41) is 2.02. The van der Waals surface area contributed by atoms with Crippen LogP contribution in [0.15, 0.2) is 30.5 Å². The van der Waals surface area contributed by atoms with Gasteiger partial charge in [0.25, 0.3) is 0 Å². The molecule has 3 rings (SSSR count). The van der Waals surface area contributed by atoms with E-state index in [1.807, 2.05) is 12.1 Å². The van der Waals surface area contributed by atoms with Gasteiger partial charge in [-0.05, 0) is 49.6 Å². The Bertz CT molecular complexity index is 597. The predicted molar refractivity (Wildman–Crippen MR) is 83.0 cm³/mol. The molecule has 1 aliphatic heterocycles. The van der Waals surface area contributed by atoms with Gasteiger partial charge in [-0.25, -0.2) is 0 Å². The van der Waals surface area contributed by atoms with Crippen LogP contribution in [0.2, 0.25) is 5.02 Å². The Labute approximate surface area is 122 Å². The van der Waals surface area contributed by atoms with Crippen LogP contribution in [-0.2, 0) is 0 Å². The van der Waals surface area contributed by atoms with Gasteiger partial charge in [0.05, 0.1) is 15.4 Å². The molecule has 0 radical (unpaired) electrons. The number of nitrogens with zero attached hydrogens (tertiary/aromatic N) is 2. The smallest absolute Gasteiger partial charge is 0.0668 e. The van der Waals surface area contributed by atoms with Crippen molar-refractivity contribution in [1.82, 2.24) is 9.27 Å². The Morgan fingerprint density at radius 1 is 1.37 bits per heavy atom. The number of likely N-dealkylation sites (tertiary alicyclic amines) is 1. The van der Waals surface area contributed by atoms with Crippen LogP contribution < -0.4 is 0 Å². The zero-order chi connectivity index (χ0) is 13.2. The maximum atomic E-state index is 6.35. The molecular formula is C15H17ClN2S. The molecule has 0 amide bonds. The molecule has 19 heavy (non-hydrogen) atoms. The standard InChI is InChI=1S/C15H17ClN2S/c1-2-8-18-9-6-11(7-10-18)15-14-12(16)4-3-5-13(14)19-17-15/h2-5,8,11H,6-7,9-10H2,1H3/b8-2-. The van der Waals surface area contributed by atoms with Crippen molar-refractivity contribution in [1.29, 1.82) is 0 Å². The molecule has 100 valence electrons. The molecule has 0 spiro atoms. The van der Waals surface area contributed by atoms with Gasteiger partial charge in [-0.2, -0.15) is 4.37 Å². The molecule has 0 aliphatic carbocycles. The van der Waals surface area contributed by atoms with Gasteiger partial charge in [0.15, 0.2) is 0 Å². The maximum absolute atomic E-state index is 6.35. The van der Waals surface area contributed by atoms with E-state index in [1.54, 1.807) is 11.5 Å². The molecule has 0 N–H and O–H groups in total. The summed E-state index contributed by atoms with van der Waals surface area (Å²) in [5.74, 6) is 0.551. The highest BCUT2D eigenvalue weighted by Crippen LogP contribution is 2.37. The number of rotatable bonds is 2. The monoisotopic (exact) mass is 292 g/mol. The Balaban J connectivity index is 1.86. The van der Waals surface area contributed by atoms with Crippen LogP contribution in [0, 0.1) is 0 Å². The topological polar surface area (TPSA) is 16.1 Å². The fourth-order valence-corrected chi connectivity index (χ4v) is 3.99. The number of hydrogen-bond acceptors (Lipinski definition) is 3. The van der Waals surface area contributed by atoms with Crippen molar-refractivity contribution >= 4 is 33.2 Å². The molecule has 2 aromatic rings. The number of hydrogen-bond donors (Lipinski definition) is 0. The summed E-state index contributed by atoms with van der Waals surface area (Å²) >= 11 is 7.92. The Hall–Kier alpha value is -1.06. The fraction of sp³-hybridized carbons (Fsp3) is 0.400. The van der Waals surface area contributed by atoms with Gasteiger partial charge in [0, 0.05) is 24.4 Å². The van der Waals surface area contributed by atoms with Crippen LogP contribution in [0.4, 0.5) is 0 Å². The minimum atomic E-state index is 0.551. The molecule has 1 aliphatic rings. The van der Waals surface area contributed by atoms with Crippen LogP contribution in [0.25, 0.3) is 10.1 Å².